The summed E-state index contributed by atoms with van der Waals surface area (Å²) in [5.74, 6) is 0.677. The number of amides is 2. The number of anilines is 1. The highest BCUT2D eigenvalue weighted by molar-refractivity contribution is 5.89. The van der Waals surface area contributed by atoms with Crippen molar-refractivity contribution in [2.45, 2.75) is 6.54 Å². The van der Waals surface area contributed by atoms with Crippen LogP contribution in [0, 0.1) is 0 Å². The lowest BCUT2D eigenvalue weighted by Crippen LogP contribution is -2.40. The Morgan fingerprint density at radius 3 is 2.52 bits per heavy atom. The molecule has 2 N–H and O–H groups in total. The van der Waals surface area contributed by atoms with Crippen LogP contribution < -0.4 is 15.6 Å². The zero-order valence-corrected chi connectivity index (χ0v) is 16.9. The summed E-state index contributed by atoms with van der Waals surface area (Å²) >= 11 is 0. The van der Waals surface area contributed by atoms with Crippen molar-refractivity contribution in [3.8, 4) is 5.75 Å². The molecule has 152 valence electrons. The number of methoxy groups -OCH3 is 1. The van der Waals surface area contributed by atoms with E-state index in [1.54, 1.807) is 18.1 Å². The molecule has 29 heavy (non-hydrogen) atoms. The van der Waals surface area contributed by atoms with E-state index in [0.29, 0.717) is 35.6 Å². The molecule has 0 saturated heterocycles. The molecular formula is C22H26N4O3. The van der Waals surface area contributed by atoms with E-state index in [1.807, 2.05) is 67.5 Å². The molecule has 0 spiro atoms. The van der Waals surface area contributed by atoms with Gasteiger partial charge in [0, 0.05) is 30.4 Å². The number of hydrogen-bond acceptors (Lipinski definition) is 4. The van der Waals surface area contributed by atoms with E-state index in [4.69, 9.17) is 4.74 Å². The topological polar surface area (TPSA) is 77.7 Å². The van der Waals surface area contributed by atoms with E-state index in [9.17, 15) is 9.59 Å². The van der Waals surface area contributed by atoms with Crippen LogP contribution >= 0.6 is 0 Å². The lowest BCUT2D eigenvalue weighted by molar-refractivity contribution is 0.202. The SMILES string of the molecule is COc1ccc2cc(CN(CCN(C)C)C(=O)Nc3ccccc3)c(=O)[nH]c2c1. The number of pyridine rings is 1. The summed E-state index contributed by atoms with van der Waals surface area (Å²) < 4.78 is 5.21. The summed E-state index contributed by atoms with van der Waals surface area (Å²) in [6.45, 7) is 1.39. The molecule has 0 atom stereocenters. The molecule has 0 aliphatic rings. The highest BCUT2D eigenvalue weighted by atomic mass is 16.5. The maximum atomic E-state index is 12.9. The fraction of sp³-hybridized carbons (Fsp3) is 0.273. The summed E-state index contributed by atoms with van der Waals surface area (Å²) in [4.78, 5) is 32.0. The number of H-pyrrole nitrogens is 1. The Kier molecular flexibility index (Phi) is 6.51. The number of aromatic amines is 1. The molecule has 1 aromatic heterocycles. The third-order valence-corrected chi connectivity index (χ3v) is 4.62. The van der Waals surface area contributed by atoms with Crippen LogP contribution in [-0.2, 0) is 6.54 Å². The summed E-state index contributed by atoms with van der Waals surface area (Å²) in [6, 6.07) is 16.4. The largest absolute Gasteiger partial charge is 0.497 e. The monoisotopic (exact) mass is 394 g/mol. The van der Waals surface area contributed by atoms with Gasteiger partial charge in [0.2, 0.25) is 0 Å². The Morgan fingerprint density at radius 2 is 1.83 bits per heavy atom. The van der Waals surface area contributed by atoms with Crippen molar-refractivity contribution in [3.63, 3.8) is 0 Å². The Labute approximate surface area is 169 Å². The molecule has 7 heteroatoms. The van der Waals surface area contributed by atoms with Crippen LogP contribution in [-0.4, -0.2) is 55.1 Å². The molecule has 3 aromatic rings. The molecule has 0 fully saturated rings. The summed E-state index contributed by atoms with van der Waals surface area (Å²) in [5.41, 5.74) is 1.73. The number of carbonyl (C=O) groups is 1. The van der Waals surface area contributed by atoms with Gasteiger partial charge in [0.25, 0.3) is 5.56 Å². The lowest BCUT2D eigenvalue weighted by atomic mass is 10.1. The number of likely N-dealkylation sites (N-methyl/N-ethyl adjacent to an activating group) is 1. The van der Waals surface area contributed by atoms with E-state index >= 15 is 0 Å². The number of nitrogens with one attached hydrogen (secondary N) is 2. The first-order valence-corrected chi connectivity index (χ1v) is 9.42. The smallest absolute Gasteiger partial charge is 0.322 e. The lowest BCUT2D eigenvalue weighted by Gasteiger charge is -2.24. The Hall–Kier alpha value is -3.32. The molecule has 0 radical (unpaired) electrons. The normalized spacial score (nSPS) is 10.9. The number of para-hydroxylation sites is 1. The van der Waals surface area contributed by atoms with Gasteiger partial charge >= 0.3 is 6.03 Å². The maximum absolute atomic E-state index is 12.9. The van der Waals surface area contributed by atoms with Crippen LogP contribution in [0.1, 0.15) is 5.56 Å². The first kappa shape index (κ1) is 20.4. The van der Waals surface area contributed by atoms with E-state index in [1.165, 1.54) is 0 Å². The van der Waals surface area contributed by atoms with Gasteiger partial charge in [0.1, 0.15) is 5.75 Å². The van der Waals surface area contributed by atoms with Gasteiger partial charge in [-0.2, -0.15) is 0 Å². The molecule has 2 aromatic carbocycles. The molecule has 2 amide bonds. The van der Waals surface area contributed by atoms with Crippen LogP contribution in [0.25, 0.3) is 10.9 Å². The van der Waals surface area contributed by atoms with Crippen LogP contribution in [0.4, 0.5) is 10.5 Å². The van der Waals surface area contributed by atoms with Crippen molar-refractivity contribution in [2.24, 2.45) is 0 Å². The van der Waals surface area contributed by atoms with Crippen molar-refractivity contribution in [3.05, 3.63) is 70.5 Å². The second-order valence-electron chi connectivity index (χ2n) is 7.10. The maximum Gasteiger partial charge on any atom is 0.322 e. The van der Waals surface area contributed by atoms with Crippen molar-refractivity contribution in [1.29, 1.82) is 0 Å². The molecule has 7 nitrogen and oxygen atoms in total. The second-order valence-corrected chi connectivity index (χ2v) is 7.10. The van der Waals surface area contributed by atoms with Crippen molar-refractivity contribution in [1.82, 2.24) is 14.8 Å². The Bertz CT molecular complexity index is 1030. The minimum atomic E-state index is -0.243. The Balaban J connectivity index is 1.85. The fourth-order valence-electron chi connectivity index (χ4n) is 2.97. The zero-order chi connectivity index (χ0) is 20.8. The number of aromatic nitrogens is 1. The van der Waals surface area contributed by atoms with Crippen LogP contribution in [0.3, 0.4) is 0 Å². The van der Waals surface area contributed by atoms with Gasteiger partial charge in [-0.05, 0) is 49.8 Å². The predicted octanol–water partition coefficient (Wildman–Crippen LogP) is 3.13. The van der Waals surface area contributed by atoms with Gasteiger partial charge in [0.15, 0.2) is 0 Å². The van der Waals surface area contributed by atoms with Crippen molar-refractivity contribution >= 4 is 22.6 Å². The molecule has 0 aliphatic heterocycles. The van der Waals surface area contributed by atoms with Crippen LogP contribution in [0.15, 0.2) is 59.4 Å². The van der Waals surface area contributed by atoms with Gasteiger partial charge in [-0.15, -0.1) is 0 Å². The van der Waals surface area contributed by atoms with Gasteiger partial charge in [0.05, 0.1) is 19.2 Å². The predicted molar refractivity (Wildman–Crippen MR) is 116 cm³/mol. The molecular weight excluding hydrogens is 368 g/mol. The molecule has 0 aliphatic carbocycles. The van der Waals surface area contributed by atoms with E-state index < -0.39 is 0 Å². The van der Waals surface area contributed by atoms with Crippen LogP contribution in [0.2, 0.25) is 0 Å². The molecule has 0 saturated carbocycles. The number of nitrogens with zero attached hydrogens (tertiary/aromatic N) is 2. The van der Waals surface area contributed by atoms with Crippen molar-refractivity contribution < 1.29 is 9.53 Å². The van der Waals surface area contributed by atoms with Gasteiger partial charge in [-0.3, -0.25) is 4.79 Å². The standard InChI is InChI=1S/C22H26N4O3/c1-25(2)11-12-26(22(28)23-18-7-5-4-6-8-18)15-17-13-16-9-10-19(29-3)14-20(16)24-21(17)27/h4-10,13-14H,11-12,15H2,1-3H3,(H,23,28)(H,24,27). The summed E-state index contributed by atoms with van der Waals surface area (Å²) in [7, 11) is 5.48. The third kappa shape index (κ3) is 5.36. The Morgan fingerprint density at radius 1 is 1.07 bits per heavy atom. The molecule has 0 unspecified atom stereocenters. The van der Waals surface area contributed by atoms with Gasteiger partial charge in [-0.1, -0.05) is 18.2 Å². The number of benzene rings is 2. The first-order chi connectivity index (χ1) is 14.0. The van der Waals surface area contributed by atoms with E-state index in [-0.39, 0.29) is 18.1 Å². The highest BCUT2D eigenvalue weighted by Crippen LogP contribution is 2.19. The minimum Gasteiger partial charge on any atom is -0.497 e. The van der Waals surface area contributed by atoms with E-state index in [0.717, 1.165) is 5.39 Å². The van der Waals surface area contributed by atoms with Gasteiger partial charge in [-0.25, -0.2) is 4.79 Å². The quantitative estimate of drug-likeness (QED) is 0.645. The number of carbonyl (C=O) groups excluding carboxylic acids is 1. The number of hydrogen-bond donors (Lipinski definition) is 2. The average Bonchev–Trinajstić information content (AvgIpc) is 2.71. The third-order valence-electron chi connectivity index (χ3n) is 4.62. The zero-order valence-electron chi connectivity index (χ0n) is 16.9. The highest BCUT2D eigenvalue weighted by Gasteiger charge is 2.17. The second kappa shape index (κ2) is 9.25. The van der Waals surface area contributed by atoms with E-state index in [2.05, 4.69) is 10.3 Å². The molecule has 3 rings (SSSR count). The summed E-state index contributed by atoms with van der Waals surface area (Å²) in [6.07, 6.45) is 0. The minimum absolute atomic E-state index is 0.212. The van der Waals surface area contributed by atoms with Crippen molar-refractivity contribution in [2.75, 3.05) is 39.6 Å². The number of urea groups is 1. The average molecular weight is 394 g/mol. The number of fused-ring (bicyclic) bond motifs is 1. The number of ether oxygens (including phenoxy) is 1. The molecule has 0 bridgehead atoms. The summed E-state index contributed by atoms with van der Waals surface area (Å²) in [5, 5.41) is 3.78. The molecule has 1 heterocycles. The van der Waals surface area contributed by atoms with Crippen LogP contribution in [0.5, 0.6) is 5.75 Å². The first-order valence-electron chi connectivity index (χ1n) is 9.42. The fourth-order valence-corrected chi connectivity index (χ4v) is 2.97. The number of rotatable bonds is 7. The van der Waals surface area contributed by atoms with Gasteiger partial charge < -0.3 is 24.8 Å².